The molecular weight excluding hydrogens is 340 g/mol. The van der Waals surface area contributed by atoms with Gasteiger partial charge in [-0.2, -0.15) is 15.6 Å². The van der Waals surface area contributed by atoms with Gasteiger partial charge in [0, 0.05) is 25.7 Å². The average Bonchev–Trinajstić information content (AvgIpc) is 2.67. The van der Waals surface area contributed by atoms with Gasteiger partial charge in [0.1, 0.15) is 17.8 Å². The van der Waals surface area contributed by atoms with Gasteiger partial charge >= 0.3 is 0 Å². The molecule has 0 aliphatic carbocycles. The Morgan fingerprint density at radius 1 is 1.04 bits per heavy atom. The summed E-state index contributed by atoms with van der Waals surface area (Å²) in [6.45, 7) is 7.25. The molecule has 0 unspecified atom stereocenters. The van der Waals surface area contributed by atoms with Crippen molar-refractivity contribution in [3.63, 3.8) is 0 Å². The lowest BCUT2D eigenvalue weighted by Gasteiger charge is -2.22. The molecule has 7 heteroatoms. The summed E-state index contributed by atoms with van der Waals surface area (Å²) in [5.74, 6) is -0.201. The fourth-order valence-electron chi connectivity index (χ4n) is 2.58. The van der Waals surface area contributed by atoms with E-state index in [4.69, 9.17) is 10.5 Å². The van der Waals surface area contributed by atoms with Crippen LogP contribution in [0, 0.1) is 22.7 Å². The summed E-state index contributed by atoms with van der Waals surface area (Å²) in [6, 6.07) is 14.2. The standard InChI is InChI=1S/C20H20N6O/c1-4-26(5-2)18-8-9-19(20(11-18)23-14(3)27)25-24-17-7-6-15(12-21)16(10-17)13-22/h6-11H,4-5H2,1-3H3,(H,23,27)/b25-24+. The molecule has 0 fully saturated rings. The van der Waals surface area contributed by atoms with E-state index >= 15 is 0 Å². The summed E-state index contributed by atoms with van der Waals surface area (Å²) in [5.41, 5.74) is 3.03. The minimum Gasteiger partial charge on any atom is -0.372 e. The lowest BCUT2D eigenvalue weighted by atomic mass is 10.1. The van der Waals surface area contributed by atoms with Crippen LogP contribution < -0.4 is 10.2 Å². The van der Waals surface area contributed by atoms with Crippen molar-refractivity contribution in [3.8, 4) is 12.1 Å². The van der Waals surface area contributed by atoms with E-state index in [1.54, 1.807) is 12.1 Å². The minimum absolute atomic E-state index is 0.201. The quantitative estimate of drug-likeness (QED) is 0.757. The molecule has 2 aromatic carbocycles. The Hall–Kier alpha value is -3.71. The molecule has 0 heterocycles. The number of anilines is 2. The molecule has 0 radical (unpaired) electrons. The number of azo groups is 1. The first-order valence-corrected chi connectivity index (χ1v) is 8.54. The van der Waals surface area contributed by atoms with Gasteiger partial charge in [0.2, 0.25) is 5.91 Å². The van der Waals surface area contributed by atoms with Crippen LogP contribution in [0.3, 0.4) is 0 Å². The Morgan fingerprint density at radius 3 is 2.33 bits per heavy atom. The van der Waals surface area contributed by atoms with Crippen molar-refractivity contribution in [1.29, 1.82) is 10.5 Å². The van der Waals surface area contributed by atoms with E-state index in [0.29, 0.717) is 22.6 Å². The van der Waals surface area contributed by atoms with Gasteiger partial charge in [-0.25, -0.2) is 0 Å². The van der Waals surface area contributed by atoms with Crippen LogP contribution in [0.15, 0.2) is 46.6 Å². The first kappa shape index (κ1) is 19.6. The van der Waals surface area contributed by atoms with Gasteiger partial charge in [-0.05, 0) is 50.2 Å². The van der Waals surface area contributed by atoms with Gasteiger partial charge in [0.05, 0.1) is 22.5 Å². The molecule has 136 valence electrons. The van der Waals surface area contributed by atoms with Crippen molar-refractivity contribution in [2.75, 3.05) is 23.3 Å². The first-order valence-electron chi connectivity index (χ1n) is 8.54. The summed E-state index contributed by atoms with van der Waals surface area (Å²) in [6.07, 6.45) is 0. The van der Waals surface area contributed by atoms with Crippen LogP contribution in [0.5, 0.6) is 0 Å². The number of benzene rings is 2. The molecular formula is C20H20N6O. The monoisotopic (exact) mass is 360 g/mol. The second-order valence-corrected chi connectivity index (χ2v) is 5.71. The highest BCUT2D eigenvalue weighted by atomic mass is 16.1. The van der Waals surface area contributed by atoms with Crippen LogP contribution in [-0.4, -0.2) is 19.0 Å². The molecule has 0 aliphatic rings. The molecule has 27 heavy (non-hydrogen) atoms. The number of carbonyl (C=O) groups is 1. The van der Waals surface area contributed by atoms with Gasteiger partial charge in [-0.3, -0.25) is 4.79 Å². The lowest BCUT2D eigenvalue weighted by molar-refractivity contribution is -0.114. The molecule has 1 amide bonds. The third-order valence-corrected chi connectivity index (χ3v) is 3.94. The van der Waals surface area contributed by atoms with Gasteiger partial charge < -0.3 is 10.2 Å². The van der Waals surface area contributed by atoms with Crippen molar-refractivity contribution in [3.05, 3.63) is 47.5 Å². The van der Waals surface area contributed by atoms with E-state index in [-0.39, 0.29) is 11.5 Å². The van der Waals surface area contributed by atoms with E-state index in [9.17, 15) is 4.79 Å². The van der Waals surface area contributed by atoms with Crippen LogP contribution in [0.4, 0.5) is 22.7 Å². The van der Waals surface area contributed by atoms with Crippen molar-refractivity contribution >= 4 is 28.7 Å². The molecule has 0 aromatic heterocycles. The molecule has 7 nitrogen and oxygen atoms in total. The van der Waals surface area contributed by atoms with Crippen LogP contribution in [-0.2, 0) is 4.79 Å². The number of nitrogens with one attached hydrogen (secondary N) is 1. The Bertz CT molecular complexity index is 948. The zero-order chi connectivity index (χ0) is 19.8. The Morgan fingerprint density at radius 2 is 1.74 bits per heavy atom. The molecule has 0 bridgehead atoms. The number of nitrogens with zero attached hydrogens (tertiary/aromatic N) is 5. The second kappa shape index (κ2) is 9.12. The van der Waals surface area contributed by atoms with E-state index in [1.807, 2.05) is 24.3 Å². The van der Waals surface area contributed by atoms with Crippen LogP contribution in [0.25, 0.3) is 0 Å². The number of rotatable bonds is 6. The Balaban J connectivity index is 2.40. The predicted molar refractivity (Wildman–Crippen MR) is 104 cm³/mol. The van der Waals surface area contributed by atoms with Crippen molar-refractivity contribution in [2.45, 2.75) is 20.8 Å². The molecule has 2 aromatic rings. The Kier molecular flexibility index (Phi) is 6.62. The lowest BCUT2D eigenvalue weighted by Crippen LogP contribution is -2.21. The highest BCUT2D eigenvalue weighted by Gasteiger charge is 2.09. The average molecular weight is 360 g/mol. The number of amides is 1. The number of carbonyl (C=O) groups excluding carboxylic acids is 1. The molecule has 0 aliphatic heterocycles. The second-order valence-electron chi connectivity index (χ2n) is 5.71. The maximum absolute atomic E-state index is 11.6. The van der Waals surface area contributed by atoms with Gasteiger partial charge in [-0.1, -0.05) is 0 Å². The summed E-state index contributed by atoms with van der Waals surface area (Å²) in [4.78, 5) is 13.7. The normalized spacial score (nSPS) is 10.3. The number of hydrogen-bond acceptors (Lipinski definition) is 6. The maximum atomic E-state index is 11.6. The summed E-state index contributed by atoms with van der Waals surface area (Å²) < 4.78 is 0. The summed E-state index contributed by atoms with van der Waals surface area (Å²) in [5, 5.41) is 29.2. The zero-order valence-corrected chi connectivity index (χ0v) is 15.5. The summed E-state index contributed by atoms with van der Waals surface area (Å²) >= 11 is 0. The maximum Gasteiger partial charge on any atom is 0.221 e. The molecule has 0 spiro atoms. The third kappa shape index (κ3) is 4.90. The largest absolute Gasteiger partial charge is 0.372 e. The smallest absolute Gasteiger partial charge is 0.221 e. The number of nitriles is 2. The fourth-order valence-corrected chi connectivity index (χ4v) is 2.58. The highest BCUT2D eigenvalue weighted by molar-refractivity contribution is 5.93. The Labute approximate surface area is 158 Å². The SMILES string of the molecule is CCN(CC)c1ccc(/N=N/c2ccc(C#N)c(C#N)c2)c(NC(C)=O)c1. The van der Waals surface area contributed by atoms with Crippen molar-refractivity contribution in [1.82, 2.24) is 0 Å². The first-order chi connectivity index (χ1) is 13.0. The van der Waals surface area contributed by atoms with E-state index in [0.717, 1.165) is 18.8 Å². The van der Waals surface area contributed by atoms with E-state index in [1.165, 1.54) is 19.1 Å². The molecule has 2 rings (SSSR count). The van der Waals surface area contributed by atoms with Crippen LogP contribution in [0.2, 0.25) is 0 Å². The predicted octanol–water partition coefficient (Wildman–Crippen LogP) is 4.65. The van der Waals surface area contributed by atoms with E-state index < -0.39 is 0 Å². The fraction of sp³-hybridized carbons (Fsp3) is 0.250. The molecule has 0 saturated carbocycles. The van der Waals surface area contributed by atoms with Gasteiger partial charge in [0.25, 0.3) is 0 Å². The van der Waals surface area contributed by atoms with E-state index in [2.05, 4.69) is 34.3 Å². The molecule has 0 saturated heterocycles. The molecule has 1 N–H and O–H groups in total. The minimum atomic E-state index is -0.201. The zero-order valence-electron chi connectivity index (χ0n) is 15.5. The van der Waals surface area contributed by atoms with Gasteiger partial charge in [-0.15, -0.1) is 5.11 Å². The highest BCUT2D eigenvalue weighted by Crippen LogP contribution is 2.32. The van der Waals surface area contributed by atoms with Crippen molar-refractivity contribution < 1.29 is 4.79 Å². The van der Waals surface area contributed by atoms with Crippen LogP contribution in [0.1, 0.15) is 31.9 Å². The van der Waals surface area contributed by atoms with Crippen molar-refractivity contribution in [2.24, 2.45) is 10.2 Å². The van der Waals surface area contributed by atoms with Gasteiger partial charge in [0.15, 0.2) is 0 Å². The summed E-state index contributed by atoms with van der Waals surface area (Å²) in [7, 11) is 0. The molecule has 0 atom stereocenters. The third-order valence-electron chi connectivity index (χ3n) is 3.94. The number of hydrogen-bond donors (Lipinski definition) is 1. The van der Waals surface area contributed by atoms with Crippen LogP contribution >= 0.6 is 0 Å². The topological polar surface area (TPSA) is 105 Å².